The lowest BCUT2D eigenvalue weighted by atomic mass is 10.1. The minimum absolute atomic E-state index is 0.560. The molecule has 0 bridgehead atoms. The number of hydrogen-bond donors (Lipinski definition) is 2. The molecule has 0 aliphatic heterocycles. The smallest absolute Gasteiger partial charge is 0.119 e. The average Bonchev–Trinajstić information content (AvgIpc) is 2.11. The van der Waals surface area contributed by atoms with Crippen molar-refractivity contribution in [1.29, 1.82) is 0 Å². The summed E-state index contributed by atoms with van der Waals surface area (Å²) in [4.78, 5) is 0. The third-order valence-corrected chi connectivity index (χ3v) is 1.90. The van der Waals surface area contributed by atoms with E-state index in [1.165, 1.54) is 11.1 Å². The van der Waals surface area contributed by atoms with Crippen molar-refractivity contribution in [3.63, 3.8) is 0 Å². The monoisotopic (exact) mass is 195 g/mol. The van der Waals surface area contributed by atoms with Crippen molar-refractivity contribution in [2.75, 3.05) is 13.2 Å². The number of aryl methyl sites for hydroxylation is 2. The quantitative estimate of drug-likeness (QED) is 0.558. The Kier molecular flexibility index (Phi) is 4.43. The molecule has 0 aliphatic rings. The Morgan fingerprint density at radius 3 is 2.43 bits per heavy atom. The first kappa shape index (κ1) is 11.0. The number of hydroxylamine groups is 1. The van der Waals surface area contributed by atoms with Crippen LogP contribution in [-0.2, 0) is 0 Å². The van der Waals surface area contributed by atoms with Crippen molar-refractivity contribution in [2.24, 2.45) is 0 Å². The summed E-state index contributed by atoms with van der Waals surface area (Å²) in [5.41, 5.74) is 4.51. The zero-order chi connectivity index (χ0) is 10.4. The first-order valence-electron chi connectivity index (χ1n) is 4.80. The van der Waals surface area contributed by atoms with E-state index in [4.69, 9.17) is 9.94 Å². The molecular weight excluding hydrogens is 178 g/mol. The number of rotatable bonds is 5. The highest BCUT2D eigenvalue weighted by atomic mass is 16.5. The van der Waals surface area contributed by atoms with E-state index < -0.39 is 0 Å². The molecule has 78 valence electrons. The Morgan fingerprint density at radius 1 is 1.21 bits per heavy atom. The minimum Gasteiger partial charge on any atom is -0.494 e. The van der Waals surface area contributed by atoms with Crippen molar-refractivity contribution in [1.82, 2.24) is 5.48 Å². The van der Waals surface area contributed by atoms with Gasteiger partial charge >= 0.3 is 0 Å². The minimum atomic E-state index is 0.560. The van der Waals surface area contributed by atoms with Crippen LogP contribution in [0, 0.1) is 13.8 Å². The highest BCUT2D eigenvalue weighted by Gasteiger charge is 1.96. The highest BCUT2D eigenvalue weighted by Crippen LogP contribution is 2.16. The SMILES string of the molecule is Cc1cc(C)cc(OCCCNO)c1. The number of nitrogens with one attached hydrogen (secondary N) is 1. The third-order valence-electron chi connectivity index (χ3n) is 1.90. The van der Waals surface area contributed by atoms with E-state index in [9.17, 15) is 0 Å². The second-order valence-corrected chi connectivity index (χ2v) is 3.43. The molecule has 0 atom stereocenters. The number of ether oxygens (including phenoxy) is 1. The molecule has 1 aromatic rings. The standard InChI is InChI=1S/C11H17NO2/c1-9-6-10(2)8-11(7-9)14-5-3-4-12-13/h6-8,12-13H,3-5H2,1-2H3. The Morgan fingerprint density at radius 2 is 1.86 bits per heavy atom. The molecular formula is C11H17NO2. The lowest BCUT2D eigenvalue weighted by Crippen LogP contribution is -2.12. The van der Waals surface area contributed by atoms with Crippen LogP contribution in [0.5, 0.6) is 5.75 Å². The molecule has 0 fully saturated rings. The van der Waals surface area contributed by atoms with Crippen molar-refractivity contribution in [3.8, 4) is 5.75 Å². The molecule has 1 rings (SSSR count). The molecule has 0 saturated heterocycles. The molecule has 14 heavy (non-hydrogen) atoms. The Bertz CT molecular complexity index is 266. The second-order valence-electron chi connectivity index (χ2n) is 3.43. The molecule has 1 aromatic carbocycles. The third kappa shape index (κ3) is 3.77. The maximum atomic E-state index is 8.35. The second kappa shape index (κ2) is 5.62. The maximum absolute atomic E-state index is 8.35. The Balaban J connectivity index is 2.42. The molecule has 0 heterocycles. The summed E-state index contributed by atoms with van der Waals surface area (Å²) in [5.74, 6) is 0.903. The topological polar surface area (TPSA) is 41.5 Å². The van der Waals surface area contributed by atoms with Gasteiger partial charge in [-0.1, -0.05) is 6.07 Å². The molecule has 0 radical (unpaired) electrons. The van der Waals surface area contributed by atoms with E-state index in [1.54, 1.807) is 0 Å². The fourth-order valence-corrected chi connectivity index (χ4v) is 1.36. The fourth-order valence-electron chi connectivity index (χ4n) is 1.36. The van der Waals surface area contributed by atoms with Crippen molar-refractivity contribution in [3.05, 3.63) is 29.3 Å². The summed E-state index contributed by atoms with van der Waals surface area (Å²) in [7, 11) is 0. The van der Waals surface area contributed by atoms with Crippen molar-refractivity contribution < 1.29 is 9.94 Å². The fraction of sp³-hybridized carbons (Fsp3) is 0.455. The number of benzene rings is 1. The molecule has 0 unspecified atom stereocenters. The zero-order valence-corrected chi connectivity index (χ0v) is 8.71. The van der Waals surface area contributed by atoms with Crippen LogP contribution in [-0.4, -0.2) is 18.4 Å². The van der Waals surface area contributed by atoms with Gasteiger partial charge in [0.05, 0.1) is 6.61 Å². The first-order valence-corrected chi connectivity index (χ1v) is 4.80. The largest absolute Gasteiger partial charge is 0.494 e. The van der Waals surface area contributed by atoms with E-state index in [0.717, 1.165) is 12.2 Å². The summed E-state index contributed by atoms with van der Waals surface area (Å²) in [6.07, 6.45) is 0.795. The van der Waals surface area contributed by atoms with Crippen LogP contribution in [0.1, 0.15) is 17.5 Å². The van der Waals surface area contributed by atoms with E-state index >= 15 is 0 Å². The zero-order valence-electron chi connectivity index (χ0n) is 8.71. The van der Waals surface area contributed by atoms with Crippen LogP contribution >= 0.6 is 0 Å². The molecule has 0 aliphatic carbocycles. The molecule has 0 amide bonds. The summed E-state index contributed by atoms with van der Waals surface area (Å²) in [6, 6.07) is 6.14. The average molecular weight is 195 g/mol. The van der Waals surface area contributed by atoms with E-state index in [0.29, 0.717) is 13.2 Å². The van der Waals surface area contributed by atoms with Gasteiger partial charge in [-0.3, -0.25) is 0 Å². The maximum Gasteiger partial charge on any atom is 0.119 e. The van der Waals surface area contributed by atoms with Gasteiger partial charge in [-0.25, -0.2) is 5.48 Å². The predicted molar refractivity (Wildman–Crippen MR) is 55.8 cm³/mol. The van der Waals surface area contributed by atoms with Gasteiger partial charge in [-0.2, -0.15) is 0 Å². The van der Waals surface area contributed by atoms with E-state index in [2.05, 4.69) is 25.4 Å². The van der Waals surface area contributed by atoms with Gasteiger partial charge in [-0.05, 0) is 43.5 Å². The van der Waals surface area contributed by atoms with Gasteiger partial charge < -0.3 is 9.94 Å². The van der Waals surface area contributed by atoms with E-state index in [1.807, 2.05) is 12.1 Å². The van der Waals surface area contributed by atoms with Crippen LogP contribution in [0.3, 0.4) is 0 Å². The van der Waals surface area contributed by atoms with Crippen LogP contribution in [0.15, 0.2) is 18.2 Å². The van der Waals surface area contributed by atoms with Gasteiger partial charge in [0.2, 0.25) is 0 Å². The lowest BCUT2D eigenvalue weighted by molar-refractivity contribution is 0.157. The highest BCUT2D eigenvalue weighted by molar-refractivity contribution is 5.32. The summed E-state index contributed by atoms with van der Waals surface area (Å²) in [6.45, 7) is 5.28. The molecule has 3 nitrogen and oxygen atoms in total. The van der Waals surface area contributed by atoms with Crippen LogP contribution in [0.2, 0.25) is 0 Å². The first-order chi connectivity index (χ1) is 6.72. The van der Waals surface area contributed by atoms with Gasteiger partial charge in [0.15, 0.2) is 0 Å². The van der Waals surface area contributed by atoms with Gasteiger partial charge in [0.1, 0.15) is 5.75 Å². The van der Waals surface area contributed by atoms with Crippen LogP contribution in [0.4, 0.5) is 0 Å². The normalized spacial score (nSPS) is 10.2. The summed E-state index contributed by atoms with van der Waals surface area (Å²) >= 11 is 0. The summed E-state index contributed by atoms with van der Waals surface area (Å²) in [5, 5.41) is 8.35. The number of hydrogen-bond acceptors (Lipinski definition) is 3. The molecule has 0 spiro atoms. The molecule has 0 saturated carbocycles. The van der Waals surface area contributed by atoms with E-state index in [-0.39, 0.29) is 0 Å². The predicted octanol–water partition coefficient (Wildman–Crippen LogP) is 2.05. The van der Waals surface area contributed by atoms with Gasteiger partial charge in [0, 0.05) is 6.54 Å². The van der Waals surface area contributed by atoms with Crippen molar-refractivity contribution >= 4 is 0 Å². The molecule has 0 aromatic heterocycles. The molecule has 3 heteroatoms. The summed E-state index contributed by atoms with van der Waals surface area (Å²) < 4.78 is 5.52. The van der Waals surface area contributed by atoms with Crippen LogP contribution < -0.4 is 10.2 Å². The van der Waals surface area contributed by atoms with Gasteiger partial charge in [0.25, 0.3) is 0 Å². The Hall–Kier alpha value is -1.06. The van der Waals surface area contributed by atoms with Gasteiger partial charge in [-0.15, -0.1) is 0 Å². The lowest BCUT2D eigenvalue weighted by Gasteiger charge is -2.07. The molecule has 2 N–H and O–H groups in total. The van der Waals surface area contributed by atoms with Crippen LogP contribution in [0.25, 0.3) is 0 Å². The Labute approximate surface area is 84.7 Å². The van der Waals surface area contributed by atoms with Crippen molar-refractivity contribution in [2.45, 2.75) is 20.3 Å².